The van der Waals surface area contributed by atoms with Crippen molar-refractivity contribution in [2.45, 2.75) is 33.3 Å². The lowest BCUT2D eigenvalue weighted by Crippen LogP contribution is -2.41. The van der Waals surface area contributed by atoms with Crippen molar-refractivity contribution in [3.8, 4) is 0 Å². The Balaban J connectivity index is 2.60. The minimum absolute atomic E-state index is 0.313. The zero-order valence-electron chi connectivity index (χ0n) is 13.3. The summed E-state index contributed by atoms with van der Waals surface area (Å²) in [6.07, 6.45) is 3.62. The predicted molar refractivity (Wildman–Crippen MR) is 86.9 cm³/mol. The number of amides is 1. The number of hydrogen-bond acceptors (Lipinski definition) is 3. The van der Waals surface area contributed by atoms with E-state index < -0.39 is 11.7 Å². The molecule has 0 spiro atoms. The van der Waals surface area contributed by atoms with Crippen LogP contribution in [0, 0.1) is 5.41 Å². The van der Waals surface area contributed by atoms with E-state index in [1.807, 2.05) is 70.2 Å². The Morgan fingerprint density at radius 1 is 1.24 bits per heavy atom. The van der Waals surface area contributed by atoms with Gasteiger partial charge in [0, 0.05) is 18.5 Å². The van der Waals surface area contributed by atoms with Gasteiger partial charge in [-0.15, -0.1) is 0 Å². The monoisotopic (exact) mass is 290 g/mol. The Kier molecular flexibility index (Phi) is 5.97. The minimum Gasteiger partial charge on any atom is -0.444 e. The van der Waals surface area contributed by atoms with E-state index in [-0.39, 0.29) is 5.41 Å². The van der Waals surface area contributed by atoms with Gasteiger partial charge in [0.1, 0.15) is 5.60 Å². The maximum atomic E-state index is 11.7. The fourth-order valence-electron chi connectivity index (χ4n) is 1.65. The third-order valence-corrected chi connectivity index (χ3v) is 2.98. The van der Waals surface area contributed by atoms with Crippen LogP contribution in [0.15, 0.2) is 36.4 Å². The number of rotatable bonds is 5. The van der Waals surface area contributed by atoms with E-state index in [2.05, 4.69) is 5.32 Å². The molecule has 116 valence electrons. The molecular weight excluding hydrogens is 264 g/mol. The summed E-state index contributed by atoms with van der Waals surface area (Å²) >= 11 is 0. The molecule has 0 aromatic heterocycles. The van der Waals surface area contributed by atoms with E-state index in [0.717, 1.165) is 5.56 Å². The van der Waals surface area contributed by atoms with Crippen LogP contribution in [0.5, 0.6) is 0 Å². The number of hydrogen-bond donors (Lipinski definition) is 2. The molecule has 4 heteroatoms. The highest BCUT2D eigenvalue weighted by molar-refractivity contribution is 5.67. The van der Waals surface area contributed by atoms with E-state index in [0.29, 0.717) is 13.1 Å². The molecule has 1 aromatic rings. The van der Waals surface area contributed by atoms with Crippen LogP contribution in [0.25, 0.3) is 6.08 Å². The van der Waals surface area contributed by atoms with Crippen LogP contribution in [-0.2, 0) is 4.74 Å². The zero-order chi connectivity index (χ0) is 15.9. The number of nitrogens with one attached hydrogen (secondary N) is 1. The van der Waals surface area contributed by atoms with Gasteiger partial charge in [0.25, 0.3) is 0 Å². The Morgan fingerprint density at radius 3 is 2.38 bits per heavy atom. The van der Waals surface area contributed by atoms with Crippen LogP contribution >= 0.6 is 0 Å². The Morgan fingerprint density at radius 2 is 1.86 bits per heavy atom. The summed E-state index contributed by atoms with van der Waals surface area (Å²) in [5, 5.41) is 2.77. The smallest absolute Gasteiger partial charge is 0.407 e. The van der Waals surface area contributed by atoms with E-state index in [1.54, 1.807) is 0 Å². The summed E-state index contributed by atoms with van der Waals surface area (Å²) in [6, 6.07) is 9.99. The quantitative estimate of drug-likeness (QED) is 0.875. The van der Waals surface area contributed by atoms with E-state index in [4.69, 9.17) is 10.5 Å². The first-order chi connectivity index (χ1) is 9.74. The highest BCUT2D eigenvalue weighted by Gasteiger charge is 2.22. The summed E-state index contributed by atoms with van der Waals surface area (Å²) in [5.74, 6) is 0. The first kappa shape index (κ1) is 17.2. The molecule has 1 aromatic carbocycles. The van der Waals surface area contributed by atoms with E-state index in [9.17, 15) is 4.79 Å². The average Bonchev–Trinajstić information content (AvgIpc) is 2.42. The second-order valence-corrected chi connectivity index (χ2v) is 6.46. The molecule has 0 saturated heterocycles. The van der Waals surface area contributed by atoms with Crippen LogP contribution < -0.4 is 11.1 Å². The molecule has 1 rings (SSSR count). The average molecular weight is 290 g/mol. The summed E-state index contributed by atoms with van der Waals surface area (Å²) in [7, 11) is 0. The third kappa shape index (κ3) is 6.95. The van der Waals surface area contributed by atoms with Gasteiger partial charge in [-0.3, -0.25) is 0 Å². The number of carbonyl (C=O) groups excluding carboxylic acids is 1. The summed E-state index contributed by atoms with van der Waals surface area (Å²) < 4.78 is 5.23. The molecule has 0 fully saturated rings. The predicted octanol–water partition coefficient (Wildman–Crippen LogP) is 3.19. The summed E-state index contributed by atoms with van der Waals surface area (Å²) in [4.78, 5) is 11.7. The number of alkyl carbamates (subject to hydrolysis) is 1. The topological polar surface area (TPSA) is 64.3 Å². The SMILES string of the molecule is CC(/C=C/c1ccccc1)(CN)CNC(=O)OC(C)(C)C. The molecule has 0 aliphatic rings. The van der Waals surface area contributed by atoms with Crippen molar-refractivity contribution < 1.29 is 9.53 Å². The molecule has 0 bridgehead atoms. The molecular formula is C17H26N2O2. The largest absolute Gasteiger partial charge is 0.444 e. The first-order valence-electron chi connectivity index (χ1n) is 7.15. The van der Waals surface area contributed by atoms with Gasteiger partial charge in [0.05, 0.1) is 0 Å². The zero-order valence-corrected chi connectivity index (χ0v) is 13.3. The highest BCUT2D eigenvalue weighted by Crippen LogP contribution is 2.18. The molecule has 1 amide bonds. The molecule has 4 nitrogen and oxygen atoms in total. The van der Waals surface area contributed by atoms with Crippen LogP contribution in [0.3, 0.4) is 0 Å². The number of carbonyl (C=O) groups is 1. The molecule has 3 N–H and O–H groups in total. The van der Waals surface area contributed by atoms with Crippen LogP contribution in [-0.4, -0.2) is 24.8 Å². The maximum absolute atomic E-state index is 11.7. The van der Waals surface area contributed by atoms with Crippen LogP contribution in [0.4, 0.5) is 4.79 Å². The second-order valence-electron chi connectivity index (χ2n) is 6.46. The molecule has 0 aliphatic carbocycles. The Bertz CT molecular complexity index is 477. The molecule has 0 saturated carbocycles. The summed E-state index contributed by atoms with van der Waals surface area (Å²) in [6.45, 7) is 8.38. The number of ether oxygens (including phenoxy) is 1. The van der Waals surface area contributed by atoms with Gasteiger partial charge < -0.3 is 15.8 Å². The second kappa shape index (κ2) is 7.27. The lowest BCUT2D eigenvalue weighted by molar-refractivity contribution is 0.0513. The van der Waals surface area contributed by atoms with E-state index in [1.165, 1.54) is 0 Å². The van der Waals surface area contributed by atoms with Gasteiger partial charge >= 0.3 is 6.09 Å². The van der Waals surface area contributed by atoms with Gasteiger partial charge in [-0.1, -0.05) is 49.4 Å². The molecule has 1 unspecified atom stereocenters. The minimum atomic E-state index is -0.497. The molecule has 0 heterocycles. The van der Waals surface area contributed by atoms with Crippen LogP contribution in [0.2, 0.25) is 0 Å². The van der Waals surface area contributed by atoms with Gasteiger partial charge in [-0.25, -0.2) is 4.79 Å². The lowest BCUT2D eigenvalue weighted by atomic mass is 9.89. The van der Waals surface area contributed by atoms with Gasteiger partial charge in [-0.05, 0) is 26.3 Å². The van der Waals surface area contributed by atoms with Gasteiger partial charge in [0.15, 0.2) is 0 Å². The molecule has 0 radical (unpaired) electrons. The van der Waals surface area contributed by atoms with Crippen molar-refractivity contribution in [1.82, 2.24) is 5.32 Å². The van der Waals surface area contributed by atoms with Crippen molar-refractivity contribution >= 4 is 12.2 Å². The highest BCUT2D eigenvalue weighted by atomic mass is 16.6. The van der Waals surface area contributed by atoms with Gasteiger partial charge in [-0.2, -0.15) is 0 Å². The molecule has 0 aliphatic heterocycles. The maximum Gasteiger partial charge on any atom is 0.407 e. The van der Waals surface area contributed by atoms with Crippen molar-refractivity contribution in [2.75, 3.05) is 13.1 Å². The molecule has 21 heavy (non-hydrogen) atoms. The fraction of sp³-hybridized carbons (Fsp3) is 0.471. The Hall–Kier alpha value is -1.81. The fourth-order valence-corrected chi connectivity index (χ4v) is 1.65. The van der Waals surface area contributed by atoms with Crippen molar-refractivity contribution in [1.29, 1.82) is 0 Å². The normalized spacial score (nSPS) is 14.7. The van der Waals surface area contributed by atoms with Crippen molar-refractivity contribution in [3.63, 3.8) is 0 Å². The number of nitrogens with two attached hydrogens (primary N) is 1. The van der Waals surface area contributed by atoms with Gasteiger partial charge in [0.2, 0.25) is 0 Å². The lowest BCUT2D eigenvalue weighted by Gasteiger charge is -2.26. The number of benzene rings is 1. The van der Waals surface area contributed by atoms with Crippen molar-refractivity contribution in [3.05, 3.63) is 42.0 Å². The standard InChI is InChI=1S/C17H26N2O2/c1-16(2,3)21-15(20)19-13-17(4,12-18)11-10-14-8-6-5-7-9-14/h5-11H,12-13,18H2,1-4H3,(H,19,20)/b11-10+. The van der Waals surface area contributed by atoms with Crippen LogP contribution in [0.1, 0.15) is 33.3 Å². The first-order valence-corrected chi connectivity index (χ1v) is 7.15. The Labute approximate surface area is 127 Å². The van der Waals surface area contributed by atoms with Crippen molar-refractivity contribution in [2.24, 2.45) is 11.1 Å². The summed E-state index contributed by atoms with van der Waals surface area (Å²) in [5.41, 5.74) is 6.14. The molecule has 1 atom stereocenters. The third-order valence-electron chi connectivity index (χ3n) is 2.98. The van der Waals surface area contributed by atoms with E-state index >= 15 is 0 Å².